The smallest absolute Gasteiger partial charge is 0.291 e. The van der Waals surface area contributed by atoms with Gasteiger partial charge in [0, 0.05) is 36.9 Å². The number of nitrogens with zero attached hydrogens (tertiary/aromatic N) is 1. The summed E-state index contributed by atoms with van der Waals surface area (Å²) >= 11 is 0. The van der Waals surface area contributed by atoms with Crippen LogP contribution < -0.4 is 0 Å². The number of hydrogen-bond donors (Lipinski definition) is 1. The van der Waals surface area contributed by atoms with Crippen LogP contribution in [0.5, 0.6) is 0 Å². The molecule has 0 aliphatic rings. The van der Waals surface area contributed by atoms with E-state index >= 15 is 0 Å². The van der Waals surface area contributed by atoms with Gasteiger partial charge in [-0.1, -0.05) is 0 Å². The van der Waals surface area contributed by atoms with Crippen LogP contribution in [0.3, 0.4) is 0 Å². The third kappa shape index (κ3) is 326. The summed E-state index contributed by atoms with van der Waals surface area (Å²) in [7, 11) is 0. The zero-order chi connectivity index (χ0) is 3.58. The molecule has 6 heavy (non-hydrogen) atoms. The average molecular weight is 256 g/mol. The Kier molecular flexibility index (Phi) is 24.3. The molecule has 47 valence electrons. The van der Waals surface area contributed by atoms with E-state index in [2.05, 4.69) is 0 Å². The number of rotatable bonds is 0. The zero-order valence-electron chi connectivity index (χ0n) is 2.47. The molecule has 0 saturated carbocycles. The van der Waals surface area contributed by atoms with Crippen LogP contribution in [-0.4, -0.2) is 15.8 Å². The molecule has 0 heterocycles. The minimum Gasteiger partial charge on any atom is -0.412 e. The van der Waals surface area contributed by atoms with Gasteiger partial charge in [0.15, 0.2) is 0 Å². The first-order valence-electron chi connectivity index (χ1n) is 0.565. The van der Waals surface area contributed by atoms with Crippen LogP contribution in [0.15, 0.2) is 0 Å². The Morgan fingerprint density at radius 2 is 1.67 bits per heavy atom. The van der Waals surface area contributed by atoms with Crippen molar-refractivity contribution in [3.63, 3.8) is 0 Å². The summed E-state index contributed by atoms with van der Waals surface area (Å²) in [6.07, 6.45) is 0. The van der Waals surface area contributed by atoms with Crippen molar-refractivity contribution in [2.45, 2.75) is 0 Å². The van der Waals surface area contributed by atoms with Crippen molar-refractivity contribution in [2.75, 3.05) is 0 Å². The van der Waals surface area contributed by atoms with Crippen LogP contribution in [0.2, 0.25) is 0 Å². The average Bonchev–Trinajstić information content (AvgIpc) is 0.811. The van der Waals surface area contributed by atoms with Gasteiger partial charge >= 0.3 is 0 Å². The number of hydrogen-bond acceptors (Lipinski definition) is 2. The second-order valence-corrected chi connectivity index (χ2v) is 0.238. The van der Waals surface area contributed by atoms with Gasteiger partial charge in [0.25, 0.3) is 5.09 Å². The Hall–Kier alpha value is 0.394. The van der Waals surface area contributed by atoms with Gasteiger partial charge in [-0.05, 0) is 0 Å². The van der Waals surface area contributed by atoms with E-state index in [1.165, 1.54) is 0 Å². The molecule has 0 aromatic rings. The Balaban J connectivity index is -0.0000000450. The Bertz CT molecular complexity index is 30.5. The normalized spacial score (nSPS) is 4.00. The van der Waals surface area contributed by atoms with Gasteiger partial charge in [-0.3, -0.25) is 0 Å². The Morgan fingerprint density at radius 3 is 1.67 bits per heavy atom. The summed E-state index contributed by atoms with van der Waals surface area (Å²) in [4.78, 5) is 8.36. The van der Waals surface area contributed by atoms with Gasteiger partial charge in [-0.15, -0.1) is 10.1 Å². The van der Waals surface area contributed by atoms with Gasteiger partial charge in [0.2, 0.25) is 0 Å². The zero-order valence-corrected chi connectivity index (χ0v) is 4.13. The Labute approximate surface area is 62.6 Å². The van der Waals surface area contributed by atoms with E-state index < -0.39 is 5.09 Å². The van der Waals surface area contributed by atoms with Crippen LogP contribution in [-0.2, 0) is 0 Å². The van der Waals surface area contributed by atoms with E-state index in [1.807, 2.05) is 0 Å². The van der Waals surface area contributed by atoms with Crippen molar-refractivity contribution < 1.29 is 52.6 Å². The van der Waals surface area contributed by atoms with Gasteiger partial charge in [0.1, 0.15) is 0 Å². The fourth-order valence-corrected chi connectivity index (χ4v) is 0. The molecule has 0 aliphatic heterocycles. The molecule has 0 amide bonds. The molecule has 0 aromatic heterocycles. The van der Waals surface area contributed by atoms with Gasteiger partial charge in [0.05, 0.1) is 0 Å². The van der Waals surface area contributed by atoms with Gasteiger partial charge in [-0.2, -0.15) is 0 Å². The molecule has 0 rings (SSSR count). The SMILES string of the molecule is O.O=[N+]([O-])O.[Lu]. The first kappa shape index (κ1) is 16.2. The summed E-state index contributed by atoms with van der Waals surface area (Å²) in [6, 6.07) is 0. The second-order valence-electron chi connectivity index (χ2n) is 0.238. The van der Waals surface area contributed by atoms with Crippen molar-refractivity contribution in [3.05, 3.63) is 10.1 Å². The molecule has 0 bridgehead atoms. The fraction of sp³-hybridized carbons (Fsp3) is 0. The quantitative estimate of drug-likeness (QED) is 0.437. The maximum Gasteiger partial charge on any atom is 0.291 e. The molecular weight excluding hydrogens is 253 g/mol. The van der Waals surface area contributed by atoms with E-state index in [1.54, 1.807) is 0 Å². The van der Waals surface area contributed by atoms with E-state index in [0.717, 1.165) is 0 Å². The first-order chi connectivity index (χ1) is 1.73. The summed E-state index contributed by atoms with van der Waals surface area (Å²) in [5.74, 6) is 0. The van der Waals surface area contributed by atoms with Crippen LogP contribution in [0.4, 0.5) is 0 Å². The predicted molar refractivity (Wildman–Crippen MR) is 12.4 cm³/mol. The Morgan fingerprint density at radius 1 is 1.67 bits per heavy atom. The van der Waals surface area contributed by atoms with E-state index in [9.17, 15) is 0 Å². The van der Waals surface area contributed by atoms with Crippen molar-refractivity contribution in [3.8, 4) is 0 Å². The standard InChI is InChI=1S/Lu.HNO3.H2O/c;2-1(3)4;/h;(H,2,3,4);1H2. The van der Waals surface area contributed by atoms with E-state index in [4.69, 9.17) is 15.3 Å². The first-order valence-corrected chi connectivity index (χ1v) is 0.565. The summed E-state index contributed by atoms with van der Waals surface area (Å²) in [5.41, 5.74) is 0. The predicted octanol–water partition coefficient (Wildman–Crippen LogP) is -1.17. The molecule has 0 spiro atoms. The molecule has 3 N–H and O–H groups in total. The van der Waals surface area contributed by atoms with E-state index in [-0.39, 0.29) is 42.4 Å². The molecule has 0 aliphatic carbocycles. The molecular formula is H3LuNO4. The minimum absolute atomic E-state index is 0. The molecule has 0 fully saturated rings. The molecule has 6 heteroatoms. The topological polar surface area (TPSA) is 94.9 Å². The maximum atomic E-state index is 8.36. The van der Waals surface area contributed by atoms with Crippen molar-refractivity contribution in [1.82, 2.24) is 0 Å². The molecule has 0 aromatic carbocycles. The van der Waals surface area contributed by atoms with Crippen LogP contribution in [0.25, 0.3) is 0 Å². The van der Waals surface area contributed by atoms with Crippen LogP contribution >= 0.6 is 0 Å². The van der Waals surface area contributed by atoms with Gasteiger partial charge in [-0.25, -0.2) is 0 Å². The molecule has 0 atom stereocenters. The third-order valence-corrected chi connectivity index (χ3v) is 0. The van der Waals surface area contributed by atoms with Crippen molar-refractivity contribution in [1.29, 1.82) is 0 Å². The van der Waals surface area contributed by atoms with Crippen LogP contribution in [0.1, 0.15) is 0 Å². The van der Waals surface area contributed by atoms with Crippen LogP contribution in [0, 0.1) is 47.0 Å². The molecule has 5 nitrogen and oxygen atoms in total. The largest absolute Gasteiger partial charge is 0.412 e. The minimum atomic E-state index is -1.50. The fourth-order valence-electron chi connectivity index (χ4n) is 0. The van der Waals surface area contributed by atoms with Crippen molar-refractivity contribution in [2.24, 2.45) is 0 Å². The second kappa shape index (κ2) is 9.04. The van der Waals surface area contributed by atoms with Crippen molar-refractivity contribution >= 4 is 0 Å². The third-order valence-electron chi connectivity index (χ3n) is 0. The summed E-state index contributed by atoms with van der Waals surface area (Å²) < 4.78 is 0. The molecule has 0 unspecified atom stereocenters. The van der Waals surface area contributed by atoms with E-state index in [0.29, 0.717) is 0 Å². The maximum absolute atomic E-state index is 8.36. The molecule has 1 radical (unpaired) electrons. The van der Waals surface area contributed by atoms with Gasteiger partial charge < -0.3 is 10.7 Å². The summed E-state index contributed by atoms with van der Waals surface area (Å²) in [6.45, 7) is 0. The monoisotopic (exact) mass is 256 g/mol. The summed E-state index contributed by atoms with van der Waals surface area (Å²) in [5, 5.41) is 13.6. The molecule has 0 saturated heterocycles.